The molecule has 4 heteroatoms. The molecule has 0 aromatic rings. The molecule has 1 saturated heterocycles. The second kappa shape index (κ2) is 8.40. The minimum atomic E-state index is -0.318. The van der Waals surface area contributed by atoms with Crippen molar-refractivity contribution in [2.45, 2.75) is 78.8 Å². The number of hydrogen-bond donors (Lipinski definition) is 1. The molecule has 1 aliphatic heterocycles. The lowest BCUT2D eigenvalue weighted by Gasteiger charge is -2.41. The summed E-state index contributed by atoms with van der Waals surface area (Å²) < 4.78 is 0. The van der Waals surface area contributed by atoms with Crippen LogP contribution in [0.4, 0.5) is 0 Å². The van der Waals surface area contributed by atoms with Crippen LogP contribution in [0.15, 0.2) is 0 Å². The highest BCUT2D eigenvalue weighted by molar-refractivity contribution is 5.97. The number of piperazine rings is 1. The van der Waals surface area contributed by atoms with E-state index in [1.807, 2.05) is 11.8 Å². The fraction of sp³-hybridized carbons (Fsp3) is 0.882. The van der Waals surface area contributed by atoms with Gasteiger partial charge in [-0.1, -0.05) is 47.5 Å². The van der Waals surface area contributed by atoms with Gasteiger partial charge in [-0.25, -0.2) is 0 Å². The van der Waals surface area contributed by atoms with Gasteiger partial charge in [0.15, 0.2) is 0 Å². The summed E-state index contributed by atoms with van der Waals surface area (Å²) in [6.07, 6.45) is 4.62. The predicted octanol–water partition coefficient (Wildman–Crippen LogP) is 2.96. The zero-order chi connectivity index (χ0) is 16.0. The monoisotopic (exact) mass is 296 g/mol. The van der Waals surface area contributed by atoms with Gasteiger partial charge in [0.25, 0.3) is 0 Å². The molecule has 2 amide bonds. The Bertz CT molecular complexity index is 355. The Hall–Kier alpha value is -1.06. The molecule has 122 valence electrons. The molecule has 1 fully saturated rings. The van der Waals surface area contributed by atoms with E-state index in [9.17, 15) is 9.59 Å². The number of carbonyl (C=O) groups is 2. The maximum atomic E-state index is 12.7. The molecule has 1 N–H and O–H groups in total. The Balaban J connectivity index is 2.84. The smallest absolute Gasteiger partial charge is 0.245 e. The molecule has 3 unspecified atom stereocenters. The van der Waals surface area contributed by atoms with Crippen molar-refractivity contribution in [1.82, 2.24) is 10.2 Å². The van der Waals surface area contributed by atoms with Crippen LogP contribution in [0.1, 0.15) is 66.7 Å². The standard InChI is InChI=1S/C17H32N2O2/c1-6-9-14-17(21)19(11-8-10-12(3)4)15(13(5)7-2)16(20)18-14/h12-15H,6-11H2,1-5H3,(H,18,20). The second-order valence-corrected chi connectivity index (χ2v) is 6.75. The highest BCUT2D eigenvalue weighted by atomic mass is 16.2. The van der Waals surface area contributed by atoms with Crippen LogP contribution in [0.25, 0.3) is 0 Å². The van der Waals surface area contributed by atoms with Gasteiger partial charge in [-0.2, -0.15) is 0 Å². The summed E-state index contributed by atoms with van der Waals surface area (Å²) in [7, 11) is 0. The Kier molecular flexibility index (Phi) is 7.20. The fourth-order valence-corrected chi connectivity index (χ4v) is 2.99. The van der Waals surface area contributed by atoms with Crippen LogP contribution in [0.3, 0.4) is 0 Å². The molecule has 0 aliphatic carbocycles. The highest BCUT2D eigenvalue weighted by Crippen LogP contribution is 2.22. The van der Waals surface area contributed by atoms with Gasteiger partial charge in [-0.05, 0) is 31.1 Å². The highest BCUT2D eigenvalue weighted by Gasteiger charge is 2.41. The van der Waals surface area contributed by atoms with Gasteiger partial charge in [0.05, 0.1) is 0 Å². The van der Waals surface area contributed by atoms with Crippen LogP contribution >= 0.6 is 0 Å². The normalized spacial score (nSPS) is 24.4. The first-order chi connectivity index (χ1) is 9.92. The van der Waals surface area contributed by atoms with Crippen LogP contribution in [-0.2, 0) is 9.59 Å². The van der Waals surface area contributed by atoms with E-state index in [0.717, 1.165) is 32.1 Å². The number of rotatable bonds is 8. The summed E-state index contributed by atoms with van der Waals surface area (Å²) >= 11 is 0. The minimum absolute atomic E-state index is 0.0342. The van der Waals surface area contributed by atoms with E-state index in [4.69, 9.17) is 0 Å². The van der Waals surface area contributed by atoms with Crippen molar-refractivity contribution in [2.24, 2.45) is 11.8 Å². The van der Waals surface area contributed by atoms with Crippen molar-refractivity contribution >= 4 is 11.8 Å². The summed E-state index contributed by atoms with van der Waals surface area (Å²) in [6, 6.07) is -0.607. The summed E-state index contributed by atoms with van der Waals surface area (Å²) in [4.78, 5) is 27.0. The molecule has 3 atom stereocenters. The first kappa shape index (κ1) is 18.0. The van der Waals surface area contributed by atoms with Gasteiger partial charge < -0.3 is 10.2 Å². The number of carbonyl (C=O) groups excluding carboxylic acids is 2. The molecule has 0 bridgehead atoms. The lowest BCUT2D eigenvalue weighted by molar-refractivity contribution is -0.151. The van der Waals surface area contributed by atoms with Crippen molar-refractivity contribution < 1.29 is 9.59 Å². The summed E-state index contributed by atoms with van der Waals surface area (Å²) in [5, 5.41) is 2.93. The van der Waals surface area contributed by atoms with Gasteiger partial charge in [-0.15, -0.1) is 0 Å². The Labute approximate surface area is 129 Å². The molecule has 4 nitrogen and oxygen atoms in total. The first-order valence-corrected chi connectivity index (χ1v) is 8.53. The molecule has 0 aromatic carbocycles. The fourth-order valence-electron chi connectivity index (χ4n) is 2.99. The lowest BCUT2D eigenvalue weighted by Crippen LogP contribution is -2.65. The molecule has 0 saturated carbocycles. The van der Waals surface area contributed by atoms with Crippen molar-refractivity contribution in [3.8, 4) is 0 Å². The Morgan fingerprint density at radius 3 is 2.38 bits per heavy atom. The van der Waals surface area contributed by atoms with Gasteiger partial charge in [0.1, 0.15) is 12.1 Å². The summed E-state index contributed by atoms with van der Waals surface area (Å²) in [6.45, 7) is 11.3. The zero-order valence-corrected chi connectivity index (χ0v) is 14.3. The number of amides is 2. The molecule has 1 rings (SSSR count). The molecule has 1 heterocycles. The van der Waals surface area contributed by atoms with Crippen molar-refractivity contribution in [3.63, 3.8) is 0 Å². The van der Waals surface area contributed by atoms with E-state index in [1.54, 1.807) is 0 Å². The van der Waals surface area contributed by atoms with Crippen molar-refractivity contribution in [1.29, 1.82) is 0 Å². The molecule has 0 spiro atoms. The molecular weight excluding hydrogens is 264 g/mol. The first-order valence-electron chi connectivity index (χ1n) is 8.53. The van der Waals surface area contributed by atoms with Crippen molar-refractivity contribution in [2.75, 3.05) is 6.54 Å². The van der Waals surface area contributed by atoms with Crippen LogP contribution in [0.5, 0.6) is 0 Å². The third-order valence-electron chi connectivity index (χ3n) is 4.44. The lowest BCUT2D eigenvalue weighted by atomic mass is 9.92. The molecular formula is C17H32N2O2. The van der Waals surface area contributed by atoms with E-state index < -0.39 is 0 Å². The average molecular weight is 296 g/mol. The van der Waals surface area contributed by atoms with E-state index in [0.29, 0.717) is 12.5 Å². The maximum absolute atomic E-state index is 12.7. The molecule has 1 aliphatic rings. The van der Waals surface area contributed by atoms with Gasteiger partial charge >= 0.3 is 0 Å². The second-order valence-electron chi connectivity index (χ2n) is 6.75. The van der Waals surface area contributed by atoms with Crippen molar-refractivity contribution in [3.05, 3.63) is 0 Å². The Morgan fingerprint density at radius 2 is 1.86 bits per heavy atom. The van der Waals surface area contributed by atoms with Crippen LogP contribution in [0.2, 0.25) is 0 Å². The van der Waals surface area contributed by atoms with Gasteiger partial charge in [-0.3, -0.25) is 9.59 Å². The maximum Gasteiger partial charge on any atom is 0.245 e. The number of hydrogen-bond acceptors (Lipinski definition) is 2. The molecule has 21 heavy (non-hydrogen) atoms. The zero-order valence-electron chi connectivity index (χ0n) is 14.3. The van der Waals surface area contributed by atoms with Crippen LogP contribution < -0.4 is 5.32 Å². The van der Waals surface area contributed by atoms with Crippen LogP contribution in [0, 0.1) is 11.8 Å². The number of nitrogens with zero attached hydrogens (tertiary/aromatic N) is 1. The SMILES string of the molecule is CCCC1NC(=O)C(C(C)CC)N(CCCC(C)C)C1=O. The largest absolute Gasteiger partial charge is 0.342 e. The van der Waals surface area contributed by atoms with Gasteiger partial charge in [0, 0.05) is 6.54 Å². The predicted molar refractivity (Wildman–Crippen MR) is 85.9 cm³/mol. The van der Waals surface area contributed by atoms with E-state index >= 15 is 0 Å². The van der Waals surface area contributed by atoms with E-state index in [1.165, 1.54) is 0 Å². The summed E-state index contributed by atoms with van der Waals surface area (Å²) in [5.74, 6) is 0.986. The third-order valence-corrected chi connectivity index (χ3v) is 4.44. The van der Waals surface area contributed by atoms with E-state index in [-0.39, 0.29) is 29.8 Å². The molecule has 0 radical (unpaired) electrons. The quantitative estimate of drug-likeness (QED) is 0.748. The third kappa shape index (κ3) is 4.72. The topological polar surface area (TPSA) is 49.4 Å². The molecule has 0 aromatic heterocycles. The van der Waals surface area contributed by atoms with Gasteiger partial charge in [0.2, 0.25) is 11.8 Å². The Morgan fingerprint density at radius 1 is 1.19 bits per heavy atom. The minimum Gasteiger partial charge on any atom is -0.342 e. The number of nitrogens with one attached hydrogen (secondary N) is 1. The van der Waals surface area contributed by atoms with Crippen LogP contribution in [-0.4, -0.2) is 35.3 Å². The van der Waals surface area contributed by atoms with E-state index in [2.05, 4.69) is 33.0 Å². The average Bonchev–Trinajstić information content (AvgIpc) is 2.43. The summed E-state index contributed by atoms with van der Waals surface area (Å²) in [5.41, 5.74) is 0.